The maximum absolute atomic E-state index is 12.6. The fourth-order valence-electron chi connectivity index (χ4n) is 2.26. The second-order valence-corrected chi connectivity index (χ2v) is 6.37. The van der Waals surface area contributed by atoms with Crippen LogP contribution in [0.2, 0.25) is 0 Å². The first-order valence-corrected chi connectivity index (χ1v) is 8.28. The second-order valence-electron chi connectivity index (χ2n) is 6.37. The average Bonchev–Trinajstić information content (AvgIpc) is 2.55. The number of aryl methyl sites for hydroxylation is 1. The Morgan fingerprint density at radius 3 is 2.48 bits per heavy atom. The number of rotatable bonds is 6. The molecule has 0 unspecified atom stereocenters. The predicted molar refractivity (Wildman–Crippen MR) is 100 cm³/mol. The molecule has 0 aliphatic carbocycles. The molecule has 0 radical (unpaired) electrons. The highest BCUT2D eigenvalue weighted by Gasteiger charge is 2.13. The Morgan fingerprint density at radius 1 is 1.08 bits per heavy atom. The van der Waals surface area contributed by atoms with Crippen molar-refractivity contribution in [2.45, 2.75) is 27.7 Å². The van der Waals surface area contributed by atoms with Gasteiger partial charge in [0.15, 0.2) is 0 Å². The number of carbonyl (C=O) groups excluding carboxylic acids is 2. The van der Waals surface area contributed by atoms with E-state index in [-0.39, 0.29) is 11.8 Å². The number of hydrogen-bond donors (Lipinski definition) is 2. The minimum absolute atomic E-state index is 0.154. The molecule has 0 fully saturated rings. The summed E-state index contributed by atoms with van der Waals surface area (Å²) in [6.07, 6.45) is 0. The van der Waals surface area contributed by atoms with E-state index in [0.29, 0.717) is 35.2 Å². The van der Waals surface area contributed by atoms with Gasteiger partial charge in [-0.25, -0.2) is 0 Å². The summed E-state index contributed by atoms with van der Waals surface area (Å²) in [7, 11) is 0. The van der Waals surface area contributed by atoms with E-state index >= 15 is 0 Å². The van der Waals surface area contributed by atoms with Gasteiger partial charge >= 0.3 is 0 Å². The zero-order valence-corrected chi connectivity index (χ0v) is 15.1. The molecule has 0 spiro atoms. The molecule has 5 heteroatoms. The Balaban J connectivity index is 2.18. The summed E-state index contributed by atoms with van der Waals surface area (Å²) in [5.41, 5.74) is 2.69. The number of amides is 2. The number of benzene rings is 2. The predicted octanol–water partition coefficient (Wildman–Crippen LogP) is 4.24. The lowest BCUT2D eigenvalue weighted by Crippen LogP contribution is -2.15. The first-order chi connectivity index (χ1) is 11.9. The number of para-hydroxylation sites is 1. The summed E-state index contributed by atoms with van der Waals surface area (Å²) in [6, 6.07) is 12.6. The molecular weight excluding hydrogens is 316 g/mol. The van der Waals surface area contributed by atoms with E-state index in [1.165, 1.54) is 6.92 Å². The van der Waals surface area contributed by atoms with Gasteiger partial charge in [-0.05, 0) is 42.7 Å². The smallest absolute Gasteiger partial charge is 0.259 e. The molecule has 132 valence electrons. The molecule has 2 aromatic carbocycles. The number of anilines is 2. The van der Waals surface area contributed by atoms with Crippen LogP contribution in [0.5, 0.6) is 5.75 Å². The van der Waals surface area contributed by atoms with E-state index in [0.717, 1.165) is 5.56 Å². The van der Waals surface area contributed by atoms with Crippen molar-refractivity contribution < 1.29 is 14.3 Å². The zero-order chi connectivity index (χ0) is 18.4. The van der Waals surface area contributed by atoms with Crippen molar-refractivity contribution in [1.82, 2.24) is 0 Å². The lowest BCUT2D eigenvalue weighted by molar-refractivity contribution is -0.114. The average molecular weight is 340 g/mol. The van der Waals surface area contributed by atoms with Crippen LogP contribution in [0.3, 0.4) is 0 Å². The van der Waals surface area contributed by atoms with Crippen molar-refractivity contribution in [1.29, 1.82) is 0 Å². The van der Waals surface area contributed by atoms with E-state index in [2.05, 4.69) is 24.5 Å². The van der Waals surface area contributed by atoms with E-state index in [1.54, 1.807) is 30.3 Å². The van der Waals surface area contributed by atoms with Crippen LogP contribution in [0.1, 0.15) is 36.7 Å². The van der Waals surface area contributed by atoms with Crippen LogP contribution in [0.15, 0.2) is 42.5 Å². The molecule has 2 aromatic rings. The Kier molecular flexibility index (Phi) is 6.17. The molecule has 0 heterocycles. The van der Waals surface area contributed by atoms with Crippen LogP contribution in [0, 0.1) is 12.8 Å². The third-order valence-electron chi connectivity index (χ3n) is 3.51. The molecule has 0 saturated carbocycles. The van der Waals surface area contributed by atoms with Gasteiger partial charge in [0.2, 0.25) is 5.91 Å². The molecule has 2 amide bonds. The van der Waals surface area contributed by atoms with Gasteiger partial charge in [0.1, 0.15) is 5.75 Å². The fraction of sp³-hybridized carbons (Fsp3) is 0.300. The summed E-state index contributed by atoms with van der Waals surface area (Å²) in [5.74, 6) is 0.521. The molecule has 0 saturated heterocycles. The first-order valence-electron chi connectivity index (χ1n) is 8.28. The highest BCUT2D eigenvalue weighted by Crippen LogP contribution is 2.23. The Bertz CT molecular complexity index is 769. The van der Waals surface area contributed by atoms with Crippen molar-refractivity contribution in [3.63, 3.8) is 0 Å². The van der Waals surface area contributed by atoms with E-state index < -0.39 is 0 Å². The SMILES string of the molecule is CC(=O)Nc1cc(NC(=O)c2ccccc2OCC(C)C)ccc1C. The van der Waals surface area contributed by atoms with Crippen molar-refractivity contribution >= 4 is 23.2 Å². The van der Waals surface area contributed by atoms with Gasteiger partial charge in [-0.1, -0.05) is 32.0 Å². The zero-order valence-electron chi connectivity index (χ0n) is 15.1. The standard InChI is InChI=1S/C20H24N2O3/c1-13(2)12-25-19-8-6-5-7-17(19)20(24)22-16-10-9-14(3)18(11-16)21-15(4)23/h5-11,13H,12H2,1-4H3,(H,21,23)(H,22,24). The maximum atomic E-state index is 12.6. The third kappa shape index (κ3) is 5.35. The molecule has 0 aromatic heterocycles. The maximum Gasteiger partial charge on any atom is 0.259 e. The van der Waals surface area contributed by atoms with Gasteiger partial charge in [-0.2, -0.15) is 0 Å². The lowest BCUT2D eigenvalue weighted by atomic mass is 10.1. The van der Waals surface area contributed by atoms with Crippen molar-refractivity contribution in [3.8, 4) is 5.75 Å². The highest BCUT2D eigenvalue weighted by molar-refractivity contribution is 6.06. The topological polar surface area (TPSA) is 67.4 Å². The van der Waals surface area contributed by atoms with Gasteiger partial charge in [0.25, 0.3) is 5.91 Å². The van der Waals surface area contributed by atoms with E-state index in [9.17, 15) is 9.59 Å². The summed E-state index contributed by atoms with van der Waals surface area (Å²) in [4.78, 5) is 23.9. The van der Waals surface area contributed by atoms with Gasteiger partial charge in [0.05, 0.1) is 12.2 Å². The summed E-state index contributed by atoms with van der Waals surface area (Å²) in [5, 5.41) is 5.61. The molecule has 5 nitrogen and oxygen atoms in total. The highest BCUT2D eigenvalue weighted by atomic mass is 16.5. The lowest BCUT2D eigenvalue weighted by Gasteiger charge is -2.14. The quantitative estimate of drug-likeness (QED) is 0.826. The number of ether oxygens (including phenoxy) is 1. The summed E-state index contributed by atoms with van der Waals surface area (Å²) >= 11 is 0. The van der Waals surface area contributed by atoms with Gasteiger partial charge in [0, 0.05) is 18.3 Å². The molecule has 2 rings (SSSR count). The van der Waals surface area contributed by atoms with Crippen molar-refractivity contribution in [2.24, 2.45) is 5.92 Å². The van der Waals surface area contributed by atoms with Crippen LogP contribution >= 0.6 is 0 Å². The minimum atomic E-state index is -0.253. The summed E-state index contributed by atoms with van der Waals surface area (Å²) < 4.78 is 5.74. The molecule has 0 atom stereocenters. The van der Waals surface area contributed by atoms with Gasteiger partial charge in [-0.3, -0.25) is 9.59 Å². The largest absolute Gasteiger partial charge is 0.492 e. The van der Waals surface area contributed by atoms with Crippen LogP contribution in [0.25, 0.3) is 0 Å². The van der Waals surface area contributed by atoms with Crippen LogP contribution < -0.4 is 15.4 Å². The number of carbonyl (C=O) groups is 2. The first kappa shape index (κ1) is 18.5. The van der Waals surface area contributed by atoms with Crippen LogP contribution in [-0.4, -0.2) is 18.4 Å². The van der Waals surface area contributed by atoms with Gasteiger partial charge < -0.3 is 15.4 Å². The van der Waals surface area contributed by atoms with Crippen molar-refractivity contribution in [2.75, 3.05) is 17.2 Å². The fourth-order valence-corrected chi connectivity index (χ4v) is 2.26. The van der Waals surface area contributed by atoms with E-state index in [1.807, 2.05) is 19.1 Å². The molecule has 0 aliphatic heterocycles. The number of nitrogens with one attached hydrogen (secondary N) is 2. The minimum Gasteiger partial charge on any atom is -0.492 e. The Labute approximate surface area is 148 Å². The Morgan fingerprint density at radius 2 is 1.80 bits per heavy atom. The van der Waals surface area contributed by atoms with Gasteiger partial charge in [-0.15, -0.1) is 0 Å². The summed E-state index contributed by atoms with van der Waals surface area (Å²) in [6.45, 7) is 8.00. The third-order valence-corrected chi connectivity index (χ3v) is 3.51. The molecule has 0 bridgehead atoms. The number of hydrogen-bond acceptors (Lipinski definition) is 3. The second kappa shape index (κ2) is 8.33. The molecular formula is C20H24N2O3. The monoisotopic (exact) mass is 340 g/mol. The molecule has 25 heavy (non-hydrogen) atoms. The molecule has 0 aliphatic rings. The Hall–Kier alpha value is -2.82. The van der Waals surface area contributed by atoms with Crippen LogP contribution in [-0.2, 0) is 4.79 Å². The van der Waals surface area contributed by atoms with Crippen LogP contribution in [0.4, 0.5) is 11.4 Å². The van der Waals surface area contributed by atoms with E-state index in [4.69, 9.17) is 4.74 Å². The van der Waals surface area contributed by atoms with Crippen molar-refractivity contribution in [3.05, 3.63) is 53.6 Å². The normalized spacial score (nSPS) is 10.4. The molecule has 2 N–H and O–H groups in total.